The molecular formula is C36H38Cl2FN3O6S. The van der Waals surface area contributed by atoms with Gasteiger partial charge in [-0.3, -0.25) is 13.9 Å². The molecule has 0 radical (unpaired) electrons. The molecule has 9 nitrogen and oxygen atoms in total. The summed E-state index contributed by atoms with van der Waals surface area (Å²) in [6.07, 6.45) is 0.779. The zero-order chi connectivity index (χ0) is 35.7. The number of sulfonamides is 1. The topological polar surface area (TPSA) is 105 Å². The molecule has 0 aromatic heterocycles. The smallest absolute Gasteiger partial charge is 0.264 e. The van der Waals surface area contributed by atoms with E-state index in [0.29, 0.717) is 22.8 Å². The van der Waals surface area contributed by atoms with Crippen molar-refractivity contribution >= 4 is 50.7 Å². The average Bonchev–Trinajstić information content (AvgIpc) is 3.10. The molecule has 2 amide bonds. The molecule has 0 saturated heterocycles. The fraction of sp³-hybridized carbons (Fsp3) is 0.278. The highest BCUT2D eigenvalue weighted by Crippen LogP contribution is 2.33. The standard InChI is InChI=1S/C36H38Cl2FN3O6S/c1-5-24(2)40-36(44)32(20-25-9-7-6-8-10-25)41(22-26-11-17-30(37)31(38)19-26)35(43)23-42(28-14-12-27(39)13-15-28)49(45,46)29-16-18-33(47-3)34(21-29)48-4/h6-19,21,24,32H,5,20,22-23H2,1-4H3,(H,40,44)/t24-,32-/m1/s1. The van der Waals surface area contributed by atoms with Crippen LogP contribution in [-0.2, 0) is 32.6 Å². The van der Waals surface area contributed by atoms with Crippen LogP contribution < -0.4 is 19.1 Å². The van der Waals surface area contributed by atoms with Gasteiger partial charge in [0.05, 0.1) is 34.8 Å². The Morgan fingerprint density at radius 3 is 2.14 bits per heavy atom. The molecule has 260 valence electrons. The van der Waals surface area contributed by atoms with Crippen molar-refractivity contribution in [3.05, 3.63) is 118 Å². The van der Waals surface area contributed by atoms with Crippen LogP contribution in [0.5, 0.6) is 11.5 Å². The van der Waals surface area contributed by atoms with Crippen LogP contribution in [0.1, 0.15) is 31.4 Å². The average molecular weight is 731 g/mol. The number of methoxy groups -OCH3 is 2. The molecule has 0 aliphatic carbocycles. The summed E-state index contributed by atoms with van der Waals surface area (Å²) in [6.45, 7) is 2.95. The second-order valence-electron chi connectivity index (χ2n) is 11.3. The first-order valence-electron chi connectivity index (χ1n) is 15.5. The molecule has 4 aromatic rings. The number of nitrogens with zero attached hydrogens (tertiary/aromatic N) is 2. The first kappa shape index (κ1) is 37.5. The monoisotopic (exact) mass is 729 g/mol. The van der Waals surface area contributed by atoms with Crippen molar-refractivity contribution in [2.75, 3.05) is 25.1 Å². The maximum Gasteiger partial charge on any atom is 0.264 e. The van der Waals surface area contributed by atoms with Gasteiger partial charge in [0.25, 0.3) is 10.0 Å². The molecule has 0 bridgehead atoms. The normalized spacial score (nSPS) is 12.5. The second kappa shape index (κ2) is 16.9. The first-order valence-corrected chi connectivity index (χ1v) is 17.7. The molecular weight excluding hydrogens is 692 g/mol. The van der Waals surface area contributed by atoms with Crippen molar-refractivity contribution in [2.45, 2.75) is 50.2 Å². The third-order valence-corrected chi connectivity index (χ3v) is 10.5. The van der Waals surface area contributed by atoms with E-state index in [1.54, 1.807) is 18.2 Å². The number of amides is 2. The zero-order valence-electron chi connectivity index (χ0n) is 27.5. The van der Waals surface area contributed by atoms with Crippen LogP contribution >= 0.6 is 23.2 Å². The lowest BCUT2D eigenvalue weighted by Gasteiger charge is -2.34. The van der Waals surface area contributed by atoms with E-state index in [1.165, 1.54) is 49.5 Å². The quantitative estimate of drug-likeness (QED) is 0.143. The Labute approximate surface area is 296 Å². The molecule has 49 heavy (non-hydrogen) atoms. The van der Waals surface area contributed by atoms with Gasteiger partial charge in [0.15, 0.2) is 11.5 Å². The summed E-state index contributed by atoms with van der Waals surface area (Å²) in [5.74, 6) is -1.25. The van der Waals surface area contributed by atoms with Gasteiger partial charge in [0.2, 0.25) is 11.8 Å². The highest BCUT2D eigenvalue weighted by Gasteiger charge is 2.35. The Morgan fingerprint density at radius 1 is 0.857 bits per heavy atom. The van der Waals surface area contributed by atoms with E-state index >= 15 is 0 Å². The van der Waals surface area contributed by atoms with Crippen LogP contribution in [0.4, 0.5) is 10.1 Å². The van der Waals surface area contributed by atoms with Gasteiger partial charge in [0, 0.05) is 25.1 Å². The van der Waals surface area contributed by atoms with Gasteiger partial charge in [-0.25, -0.2) is 12.8 Å². The summed E-state index contributed by atoms with van der Waals surface area (Å²) in [7, 11) is -1.69. The number of ether oxygens (including phenoxy) is 2. The molecule has 13 heteroatoms. The summed E-state index contributed by atoms with van der Waals surface area (Å²) in [5.41, 5.74) is 1.38. The molecule has 4 rings (SSSR count). The summed E-state index contributed by atoms with van der Waals surface area (Å²) in [4.78, 5) is 29.7. The molecule has 0 aliphatic heterocycles. The number of carbonyl (C=O) groups is 2. The van der Waals surface area contributed by atoms with Gasteiger partial charge in [-0.05, 0) is 73.0 Å². The minimum Gasteiger partial charge on any atom is -0.493 e. The second-order valence-corrected chi connectivity index (χ2v) is 14.0. The van der Waals surface area contributed by atoms with E-state index in [2.05, 4.69) is 5.32 Å². The van der Waals surface area contributed by atoms with Gasteiger partial charge in [0.1, 0.15) is 18.4 Å². The van der Waals surface area contributed by atoms with E-state index < -0.39 is 40.2 Å². The van der Waals surface area contributed by atoms with Gasteiger partial charge >= 0.3 is 0 Å². The van der Waals surface area contributed by atoms with Crippen molar-refractivity contribution in [3.63, 3.8) is 0 Å². The molecule has 2 atom stereocenters. The Morgan fingerprint density at radius 2 is 1.53 bits per heavy atom. The van der Waals surface area contributed by atoms with Gasteiger partial charge in [-0.2, -0.15) is 0 Å². The van der Waals surface area contributed by atoms with Crippen molar-refractivity contribution in [1.82, 2.24) is 10.2 Å². The van der Waals surface area contributed by atoms with Crippen LogP contribution in [0.15, 0.2) is 95.9 Å². The third kappa shape index (κ3) is 9.44. The number of nitrogens with one attached hydrogen (secondary N) is 1. The number of carbonyl (C=O) groups excluding carboxylic acids is 2. The molecule has 0 fully saturated rings. The third-order valence-electron chi connectivity index (χ3n) is 7.95. The Balaban J connectivity index is 1.84. The maximum absolute atomic E-state index is 14.6. The Hall–Kier alpha value is -4.32. The van der Waals surface area contributed by atoms with Crippen molar-refractivity contribution < 1.29 is 31.9 Å². The fourth-order valence-electron chi connectivity index (χ4n) is 5.07. The fourth-order valence-corrected chi connectivity index (χ4v) is 6.82. The van der Waals surface area contributed by atoms with Crippen LogP contribution in [-0.4, -0.2) is 58.0 Å². The molecule has 1 N–H and O–H groups in total. The van der Waals surface area contributed by atoms with E-state index in [1.807, 2.05) is 44.2 Å². The minimum atomic E-state index is -4.48. The SMILES string of the molecule is CC[C@@H](C)NC(=O)[C@@H](Cc1ccccc1)N(Cc1ccc(Cl)c(Cl)c1)C(=O)CN(c1ccc(F)cc1)S(=O)(=O)c1ccc(OC)c(OC)c1. The summed E-state index contributed by atoms with van der Waals surface area (Å²) in [5, 5.41) is 3.54. The van der Waals surface area contributed by atoms with E-state index in [4.69, 9.17) is 32.7 Å². The summed E-state index contributed by atoms with van der Waals surface area (Å²) in [6, 6.07) is 21.6. The van der Waals surface area contributed by atoms with E-state index in [0.717, 1.165) is 22.0 Å². The van der Waals surface area contributed by atoms with Crippen LogP contribution in [0, 0.1) is 5.82 Å². The summed E-state index contributed by atoms with van der Waals surface area (Å²) >= 11 is 12.5. The predicted molar refractivity (Wildman–Crippen MR) is 189 cm³/mol. The molecule has 0 unspecified atom stereocenters. The van der Waals surface area contributed by atoms with E-state index in [9.17, 15) is 22.4 Å². The van der Waals surface area contributed by atoms with Crippen molar-refractivity contribution in [3.8, 4) is 11.5 Å². The lowest BCUT2D eigenvalue weighted by atomic mass is 10.0. The molecule has 0 heterocycles. The van der Waals surface area contributed by atoms with E-state index in [-0.39, 0.29) is 40.4 Å². The van der Waals surface area contributed by atoms with Crippen LogP contribution in [0.2, 0.25) is 10.0 Å². The molecule has 0 saturated carbocycles. The minimum absolute atomic E-state index is 0.0303. The first-order chi connectivity index (χ1) is 23.4. The number of hydrogen-bond donors (Lipinski definition) is 1. The Kier molecular flexibility index (Phi) is 12.9. The van der Waals surface area contributed by atoms with Gasteiger partial charge in [-0.1, -0.05) is 66.5 Å². The number of benzene rings is 4. The highest BCUT2D eigenvalue weighted by molar-refractivity contribution is 7.92. The molecule has 4 aromatic carbocycles. The lowest BCUT2D eigenvalue weighted by Crippen LogP contribution is -2.54. The highest BCUT2D eigenvalue weighted by atomic mass is 35.5. The predicted octanol–water partition coefficient (Wildman–Crippen LogP) is 6.90. The zero-order valence-corrected chi connectivity index (χ0v) is 29.9. The van der Waals surface area contributed by atoms with Gasteiger partial charge < -0.3 is 19.7 Å². The number of anilines is 1. The summed E-state index contributed by atoms with van der Waals surface area (Å²) < 4.78 is 54.2. The van der Waals surface area contributed by atoms with Crippen molar-refractivity contribution in [1.29, 1.82) is 0 Å². The largest absolute Gasteiger partial charge is 0.493 e. The number of rotatable bonds is 15. The lowest BCUT2D eigenvalue weighted by molar-refractivity contribution is -0.140. The molecule has 0 spiro atoms. The number of halogens is 3. The maximum atomic E-state index is 14.6. The van der Waals surface area contributed by atoms with Crippen LogP contribution in [0.3, 0.4) is 0 Å². The number of hydrogen-bond acceptors (Lipinski definition) is 6. The Bertz CT molecular complexity index is 1860. The van der Waals surface area contributed by atoms with Gasteiger partial charge in [-0.15, -0.1) is 0 Å². The molecule has 0 aliphatic rings. The van der Waals surface area contributed by atoms with Crippen LogP contribution in [0.25, 0.3) is 0 Å². The van der Waals surface area contributed by atoms with Crippen molar-refractivity contribution in [2.24, 2.45) is 0 Å².